The van der Waals surface area contributed by atoms with Gasteiger partial charge in [-0.25, -0.2) is 8.42 Å². The SMILES string of the molecule is CN(CCO)S(=O)(=O)c1ccccc1CNC(=O)c1ccc(CN)cc1.Cl. The van der Waals surface area contributed by atoms with Crippen LogP contribution in [-0.2, 0) is 23.1 Å². The molecule has 0 aromatic heterocycles. The molecule has 1 amide bonds. The third kappa shape index (κ3) is 5.75. The molecule has 0 fully saturated rings. The van der Waals surface area contributed by atoms with Crippen LogP contribution in [-0.4, -0.2) is 43.9 Å². The molecule has 0 bridgehead atoms. The number of rotatable bonds is 8. The van der Waals surface area contributed by atoms with E-state index < -0.39 is 10.0 Å². The maximum Gasteiger partial charge on any atom is 0.251 e. The molecule has 0 aliphatic rings. The number of hydrogen-bond donors (Lipinski definition) is 3. The van der Waals surface area contributed by atoms with Gasteiger partial charge in [0.15, 0.2) is 0 Å². The summed E-state index contributed by atoms with van der Waals surface area (Å²) in [5.74, 6) is -0.301. The number of carbonyl (C=O) groups excluding carboxylic acids is 1. The van der Waals surface area contributed by atoms with Gasteiger partial charge in [0.1, 0.15) is 0 Å². The normalized spacial score (nSPS) is 11.1. The number of nitrogens with one attached hydrogen (secondary N) is 1. The molecule has 4 N–H and O–H groups in total. The molecule has 0 saturated carbocycles. The number of amides is 1. The van der Waals surface area contributed by atoms with E-state index in [1.54, 1.807) is 42.5 Å². The Balaban J connectivity index is 0.00000364. The minimum absolute atomic E-state index is 0. The fraction of sp³-hybridized carbons (Fsp3) is 0.278. The predicted octanol–water partition coefficient (Wildman–Crippen LogP) is 1.11. The molecule has 0 aliphatic heterocycles. The van der Waals surface area contributed by atoms with Crippen LogP contribution in [0.15, 0.2) is 53.4 Å². The van der Waals surface area contributed by atoms with E-state index in [0.29, 0.717) is 17.7 Å². The van der Waals surface area contributed by atoms with E-state index in [2.05, 4.69) is 5.32 Å². The first-order valence-corrected chi connectivity index (χ1v) is 9.56. The summed E-state index contributed by atoms with van der Waals surface area (Å²) in [6.45, 7) is 0.193. The maximum absolute atomic E-state index is 12.6. The van der Waals surface area contributed by atoms with E-state index in [4.69, 9.17) is 10.8 Å². The molecule has 27 heavy (non-hydrogen) atoms. The van der Waals surface area contributed by atoms with Gasteiger partial charge in [0, 0.05) is 32.2 Å². The Hall–Kier alpha value is -1.97. The molecular formula is C18H24ClN3O4S. The number of benzene rings is 2. The third-order valence-electron chi connectivity index (χ3n) is 3.97. The van der Waals surface area contributed by atoms with Gasteiger partial charge in [-0.05, 0) is 29.3 Å². The topological polar surface area (TPSA) is 113 Å². The number of aliphatic hydroxyl groups excluding tert-OH is 1. The highest BCUT2D eigenvalue weighted by Crippen LogP contribution is 2.19. The van der Waals surface area contributed by atoms with Crippen molar-refractivity contribution in [3.63, 3.8) is 0 Å². The van der Waals surface area contributed by atoms with E-state index in [0.717, 1.165) is 9.87 Å². The first-order chi connectivity index (χ1) is 12.4. The average Bonchev–Trinajstić information content (AvgIpc) is 2.66. The molecule has 9 heteroatoms. The Morgan fingerprint density at radius 3 is 2.37 bits per heavy atom. The lowest BCUT2D eigenvalue weighted by Crippen LogP contribution is -2.31. The van der Waals surface area contributed by atoms with Gasteiger partial charge in [0.2, 0.25) is 10.0 Å². The molecule has 0 saturated heterocycles. The number of nitrogens with two attached hydrogens (primary N) is 1. The summed E-state index contributed by atoms with van der Waals surface area (Å²) in [5, 5.41) is 11.7. The number of likely N-dealkylation sites (N-methyl/N-ethyl adjacent to an activating group) is 1. The van der Waals surface area contributed by atoms with Gasteiger partial charge < -0.3 is 16.2 Å². The van der Waals surface area contributed by atoms with E-state index in [9.17, 15) is 13.2 Å². The fourth-order valence-corrected chi connectivity index (χ4v) is 3.78. The largest absolute Gasteiger partial charge is 0.395 e. The molecule has 0 spiro atoms. The van der Waals surface area contributed by atoms with Crippen molar-refractivity contribution >= 4 is 28.3 Å². The Morgan fingerprint density at radius 1 is 1.15 bits per heavy atom. The number of hydrogen-bond acceptors (Lipinski definition) is 5. The monoisotopic (exact) mass is 413 g/mol. The van der Waals surface area contributed by atoms with Gasteiger partial charge in [0.05, 0.1) is 11.5 Å². The van der Waals surface area contributed by atoms with Crippen LogP contribution >= 0.6 is 12.4 Å². The second-order valence-electron chi connectivity index (χ2n) is 5.74. The Morgan fingerprint density at radius 2 is 1.78 bits per heavy atom. The molecule has 2 aromatic carbocycles. The zero-order chi connectivity index (χ0) is 19.2. The smallest absolute Gasteiger partial charge is 0.251 e. The molecule has 0 unspecified atom stereocenters. The van der Waals surface area contributed by atoms with E-state index in [-0.39, 0.29) is 42.9 Å². The molecule has 2 rings (SSSR count). The molecule has 0 aliphatic carbocycles. The highest BCUT2D eigenvalue weighted by atomic mass is 35.5. The van der Waals surface area contributed by atoms with Crippen LogP contribution in [0.1, 0.15) is 21.5 Å². The maximum atomic E-state index is 12.6. The number of halogens is 1. The number of carbonyl (C=O) groups is 1. The van der Waals surface area contributed by atoms with Gasteiger partial charge >= 0.3 is 0 Å². The van der Waals surface area contributed by atoms with Gasteiger partial charge in [0.25, 0.3) is 5.91 Å². The van der Waals surface area contributed by atoms with Gasteiger partial charge in [-0.15, -0.1) is 12.4 Å². The van der Waals surface area contributed by atoms with E-state index in [1.807, 2.05) is 0 Å². The quantitative estimate of drug-likeness (QED) is 0.600. The van der Waals surface area contributed by atoms with Crippen LogP contribution in [0.4, 0.5) is 0 Å². The Kier molecular flexibility index (Phi) is 8.87. The number of sulfonamides is 1. The van der Waals surface area contributed by atoms with E-state index >= 15 is 0 Å². The first kappa shape index (κ1) is 23.1. The van der Waals surface area contributed by atoms with Crippen molar-refractivity contribution in [1.82, 2.24) is 9.62 Å². The first-order valence-electron chi connectivity index (χ1n) is 8.12. The highest BCUT2D eigenvalue weighted by molar-refractivity contribution is 7.89. The van der Waals surface area contributed by atoms with Crippen LogP contribution in [0.25, 0.3) is 0 Å². The number of nitrogens with zero attached hydrogens (tertiary/aromatic N) is 1. The lowest BCUT2D eigenvalue weighted by molar-refractivity contribution is 0.0950. The van der Waals surface area contributed by atoms with Crippen molar-refractivity contribution in [1.29, 1.82) is 0 Å². The average molecular weight is 414 g/mol. The van der Waals surface area contributed by atoms with Crippen molar-refractivity contribution in [2.45, 2.75) is 18.0 Å². The minimum Gasteiger partial charge on any atom is -0.395 e. The van der Waals surface area contributed by atoms with Gasteiger partial charge in [-0.1, -0.05) is 30.3 Å². The summed E-state index contributed by atoms with van der Waals surface area (Å²) in [7, 11) is -2.34. The van der Waals surface area contributed by atoms with Crippen molar-refractivity contribution < 1.29 is 18.3 Å². The lowest BCUT2D eigenvalue weighted by Gasteiger charge is -2.18. The minimum atomic E-state index is -3.75. The zero-order valence-corrected chi connectivity index (χ0v) is 16.6. The molecule has 7 nitrogen and oxygen atoms in total. The van der Waals surface area contributed by atoms with E-state index in [1.165, 1.54) is 13.1 Å². The Bertz CT molecular complexity index is 857. The fourth-order valence-electron chi connectivity index (χ4n) is 2.40. The third-order valence-corrected chi connectivity index (χ3v) is 5.92. The number of aliphatic hydroxyl groups is 1. The molecule has 0 heterocycles. The van der Waals surface area contributed by atoms with Crippen molar-refractivity contribution in [2.24, 2.45) is 5.73 Å². The molecular weight excluding hydrogens is 390 g/mol. The summed E-state index contributed by atoms with van der Waals surface area (Å²) in [5.41, 5.74) is 7.41. The van der Waals surface area contributed by atoms with Crippen LogP contribution in [0.5, 0.6) is 0 Å². The summed E-state index contributed by atoms with van der Waals surface area (Å²) < 4.78 is 26.3. The highest BCUT2D eigenvalue weighted by Gasteiger charge is 2.23. The van der Waals surface area contributed by atoms with Crippen LogP contribution < -0.4 is 11.1 Å². The zero-order valence-electron chi connectivity index (χ0n) is 15.0. The van der Waals surface area contributed by atoms with Crippen molar-refractivity contribution in [2.75, 3.05) is 20.2 Å². The molecule has 148 valence electrons. The van der Waals surface area contributed by atoms with Crippen molar-refractivity contribution in [3.8, 4) is 0 Å². The van der Waals surface area contributed by atoms with Crippen LogP contribution in [0.2, 0.25) is 0 Å². The van der Waals surface area contributed by atoms with Gasteiger partial charge in [-0.2, -0.15) is 4.31 Å². The summed E-state index contributed by atoms with van der Waals surface area (Å²) in [4.78, 5) is 12.4. The Labute approximate surface area is 165 Å². The second kappa shape index (κ2) is 10.4. The predicted molar refractivity (Wildman–Crippen MR) is 106 cm³/mol. The molecule has 0 radical (unpaired) electrons. The molecule has 2 aromatic rings. The lowest BCUT2D eigenvalue weighted by atomic mass is 10.1. The summed E-state index contributed by atoms with van der Waals surface area (Å²) in [6, 6.07) is 13.4. The second-order valence-corrected chi connectivity index (χ2v) is 7.75. The van der Waals surface area contributed by atoms with Crippen LogP contribution in [0.3, 0.4) is 0 Å². The molecule has 0 atom stereocenters. The van der Waals surface area contributed by atoms with Gasteiger partial charge in [-0.3, -0.25) is 4.79 Å². The van der Waals surface area contributed by atoms with Crippen molar-refractivity contribution in [3.05, 3.63) is 65.2 Å². The standard InChI is InChI=1S/C18H23N3O4S.ClH/c1-21(10-11-22)26(24,25)17-5-3-2-4-16(17)13-20-18(23)15-8-6-14(12-19)7-9-15;/h2-9,22H,10-13,19H2,1H3,(H,20,23);1H. The summed E-state index contributed by atoms with van der Waals surface area (Å²) >= 11 is 0. The van der Waals surface area contributed by atoms with Crippen LogP contribution in [0, 0.1) is 0 Å². The summed E-state index contributed by atoms with van der Waals surface area (Å²) in [6.07, 6.45) is 0.